The van der Waals surface area contributed by atoms with Gasteiger partial charge in [-0.25, -0.2) is 4.79 Å². The second-order valence-corrected chi connectivity index (χ2v) is 5.27. The monoisotopic (exact) mass is 292 g/mol. The van der Waals surface area contributed by atoms with Crippen molar-refractivity contribution in [2.75, 3.05) is 13.1 Å². The largest absolute Gasteiger partial charge is 0.478 e. The van der Waals surface area contributed by atoms with Gasteiger partial charge in [-0.3, -0.25) is 4.79 Å². The second kappa shape index (κ2) is 9.13. The Morgan fingerprint density at radius 1 is 1.19 bits per heavy atom. The zero-order valence-electron chi connectivity index (χ0n) is 12.7. The molecular weight excluding hydrogens is 268 g/mol. The van der Waals surface area contributed by atoms with Gasteiger partial charge in [0.15, 0.2) is 0 Å². The zero-order valence-corrected chi connectivity index (χ0v) is 12.7. The van der Waals surface area contributed by atoms with Crippen LogP contribution in [0.5, 0.6) is 0 Å². The molecule has 0 heterocycles. The van der Waals surface area contributed by atoms with Gasteiger partial charge >= 0.3 is 5.97 Å². The van der Waals surface area contributed by atoms with Crippen molar-refractivity contribution in [2.45, 2.75) is 39.2 Å². The van der Waals surface area contributed by atoms with Gasteiger partial charge in [-0.2, -0.15) is 0 Å². The lowest BCUT2D eigenvalue weighted by Crippen LogP contribution is -2.28. The number of carboxylic acid groups (broad SMARTS) is 1. The van der Waals surface area contributed by atoms with Crippen LogP contribution in [0.4, 0.5) is 0 Å². The number of carboxylic acids is 1. The number of carbonyl (C=O) groups is 2. The lowest BCUT2D eigenvalue weighted by molar-refractivity contribution is -0.121. The van der Waals surface area contributed by atoms with Crippen LogP contribution in [0.3, 0.4) is 0 Å². The Labute approximate surface area is 125 Å². The van der Waals surface area contributed by atoms with Crippen LogP contribution in [0.1, 0.15) is 42.6 Å². The van der Waals surface area contributed by atoms with Crippen molar-refractivity contribution >= 4 is 11.9 Å². The number of carbonyl (C=O) groups excluding carboxylic acids is 1. The first-order chi connectivity index (χ1) is 10.0. The highest BCUT2D eigenvalue weighted by Crippen LogP contribution is 2.09. The van der Waals surface area contributed by atoms with Gasteiger partial charge in [0.2, 0.25) is 5.91 Å². The minimum Gasteiger partial charge on any atom is -0.478 e. The summed E-state index contributed by atoms with van der Waals surface area (Å²) in [4.78, 5) is 22.7. The van der Waals surface area contributed by atoms with Gasteiger partial charge in [0.25, 0.3) is 0 Å². The molecule has 1 amide bonds. The van der Waals surface area contributed by atoms with E-state index in [0.29, 0.717) is 31.0 Å². The van der Waals surface area contributed by atoms with E-state index in [4.69, 9.17) is 5.11 Å². The quantitative estimate of drug-likeness (QED) is 0.607. The Kier molecular flexibility index (Phi) is 7.46. The highest BCUT2D eigenvalue weighted by atomic mass is 16.4. The Bertz CT molecular complexity index is 472. The fourth-order valence-corrected chi connectivity index (χ4v) is 2.01. The summed E-state index contributed by atoms with van der Waals surface area (Å²) in [6.07, 6.45) is 1.81. The fraction of sp³-hybridized carbons (Fsp3) is 0.500. The molecule has 5 heteroatoms. The Morgan fingerprint density at radius 2 is 1.90 bits per heavy atom. The van der Waals surface area contributed by atoms with Gasteiger partial charge < -0.3 is 15.7 Å². The van der Waals surface area contributed by atoms with Crippen molar-refractivity contribution in [1.82, 2.24) is 10.6 Å². The van der Waals surface area contributed by atoms with Gasteiger partial charge in [0.05, 0.1) is 5.56 Å². The molecule has 0 aliphatic carbocycles. The predicted molar refractivity (Wildman–Crippen MR) is 82.5 cm³/mol. The first-order valence-electron chi connectivity index (χ1n) is 7.32. The van der Waals surface area contributed by atoms with Crippen LogP contribution in [-0.4, -0.2) is 36.1 Å². The van der Waals surface area contributed by atoms with Crippen molar-refractivity contribution in [3.8, 4) is 0 Å². The molecule has 0 aromatic heterocycles. The number of benzene rings is 1. The molecule has 116 valence electrons. The average Bonchev–Trinajstić information content (AvgIpc) is 2.44. The molecule has 0 aliphatic heterocycles. The summed E-state index contributed by atoms with van der Waals surface area (Å²) in [6.45, 7) is 5.42. The van der Waals surface area contributed by atoms with Crippen molar-refractivity contribution < 1.29 is 14.7 Å². The van der Waals surface area contributed by atoms with Crippen LogP contribution in [0.25, 0.3) is 0 Å². The molecule has 21 heavy (non-hydrogen) atoms. The summed E-state index contributed by atoms with van der Waals surface area (Å²) < 4.78 is 0. The van der Waals surface area contributed by atoms with Crippen LogP contribution < -0.4 is 10.6 Å². The third-order valence-electron chi connectivity index (χ3n) is 3.10. The fourth-order valence-electron chi connectivity index (χ4n) is 2.01. The van der Waals surface area contributed by atoms with Gasteiger partial charge in [-0.05, 0) is 31.0 Å². The van der Waals surface area contributed by atoms with Gasteiger partial charge in [0.1, 0.15) is 0 Å². The van der Waals surface area contributed by atoms with Crippen molar-refractivity contribution in [3.63, 3.8) is 0 Å². The molecule has 1 rings (SSSR count). The molecule has 0 fully saturated rings. The molecule has 5 nitrogen and oxygen atoms in total. The van der Waals surface area contributed by atoms with Crippen LogP contribution in [0.2, 0.25) is 0 Å². The molecule has 0 unspecified atom stereocenters. The second-order valence-electron chi connectivity index (χ2n) is 5.27. The Balaban J connectivity index is 2.27. The van der Waals surface area contributed by atoms with Gasteiger partial charge in [-0.15, -0.1) is 0 Å². The summed E-state index contributed by atoms with van der Waals surface area (Å²) in [5, 5.41) is 15.2. The minimum atomic E-state index is -0.934. The smallest absolute Gasteiger partial charge is 0.335 e. The van der Waals surface area contributed by atoms with Gasteiger partial charge in [0, 0.05) is 19.0 Å². The molecule has 0 bridgehead atoms. The number of hydrogen-bond acceptors (Lipinski definition) is 3. The normalized spacial score (nSPS) is 10.6. The third kappa shape index (κ3) is 6.90. The topological polar surface area (TPSA) is 78.4 Å². The standard InChI is InChI=1S/C16H24N2O3/c1-12(2)17-10-5-8-15(19)18-11-9-13-6-3-4-7-14(13)16(20)21/h3-4,6-7,12,17H,5,8-11H2,1-2H3,(H,18,19)(H,20,21). The summed E-state index contributed by atoms with van der Waals surface area (Å²) in [5.41, 5.74) is 1.04. The van der Waals surface area contributed by atoms with E-state index >= 15 is 0 Å². The molecular formula is C16H24N2O3. The SMILES string of the molecule is CC(C)NCCCC(=O)NCCc1ccccc1C(=O)O. The van der Waals surface area contributed by atoms with Crippen LogP contribution in [0.15, 0.2) is 24.3 Å². The maximum Gasteiger partial charge on any atom is 0.335 e. The van der Waals surface area contributed by atoms with E-state index in [9.17, 15) is 9.59 Å². The Hall–Kier alpha value is -1.88. The summed E-state index contributed by atoms with van der Waals surface area (Å²) in [6, 6.07) is 7.30. The minimum absolute atomic E-state index is 0.00774. The molecule has 0 spiro atoms. The number of rotatable bonds is 9. The average molecular weight is 292 g/mol. The lowest BCUT2D eigenvalue weighted by Gasteiger charge is -2.09. The van der Waals surface area contributed by atoms with E-state index in [1.54, 1.807) is 24.3 Å². The van der Waals surface area contributed by atoms with Crippen molar-refractivity contribution in [2.24, 2.45) is 0 Å². The summed E-state index contributed by atoms with van der Waals surface area (Å²) in [7, 11) is 0. The van der Waals surface area contributed by atoms with E-state index < -0.39 is 5.97 Å². The first-order valence-corrected chi connectivity index (χ1v) is 7.32. The molecule has 1 aromatic carbocycles. The van der Waals surface area contributed by atoms with E-state index in [1.807, 2.05) is 0 Å². The summed E-state index contributed by atoms with van der Waals surface area (Å²) >= 11 is 0. The van der Waals surface area contributed by atoms with Crippen molar-refractivity contribution in [3.05, 3.63) is 35.4 Å². The first kappa shape index (κ1) is 17.2. The Morgan fingerprint density at radius 3 is 2.57 bits per heavy atom. The van der Waals surface area contributed by atoms with Crippen LogP contribution in [-0.2, 0) is 11.2 Å². The van der Waals surface area contributed by atoms with Crippen molar-refractivity contribution in [1.29, 1.82) is 0 Å². The maximum absolute atomic E-state index is 11.6. The molecule has 0 atom stereocenters. The molecule has 3 N–H and O–H groups in total. The third-order valence-corrected chi connectivity index (χ3v) is 3.10. The van der Waals surface area contributed by atoms with E-state index in [-0.39, 0.29) is 5.91 Å². The van der Waals surface area contributed by atoms with Gasteiger partial charge in [-0.1, -0.05) is 32.0 Å². The van der Waals surface area contributed by atoms with E-state index in [0.717, 1.165) is 18.5 Å². The number of amides is 1. The zero-order chi connectivity index (χ0) is 15.7. The predicted octanol–water partition coefficient (Wildman–Crippen LogP) is 1.82. The molecule has 0 saturated carbocycles. The highest BCUT2D eigenvalue weighted by molar-refractivity contribution is 5.89. The number of hydrogen-bond donors (Lipinski definition) is 3. The molecule has 0 radical (unpaired) electrons. The van der Waals surface area contributed by atoms with E-state index in [1.165, 1.54) is 0 Å². The number of nitrogens with one attached hydrogen (secondary N) is 2. The van der Waals surface area contributed by atoms with E-state index in [2.05, 4.69) is 24.5 Å². The molecule has 1 aromatic rings. The number of aromatic carboxylic acids is 1. The molecule has 0 aliphatic rings. The van der Waals surface area contributed by atoms with Crippen LogP contribution in [0, 0.1) is 0 Å². The maximum atomic E-state index is 11.6. The lowest BCUT2D eigenvalue weighted by atomic mass is 10.0. The van der Waals surface area contributed by atoms with Crippen LogP contribution >= 0.6 is 0 Å². The molecule has 0 saturated heterocycles. The highest BCUT2D eigenvalue weighted by Gasteiger charge is 2.09. The summed E-state index contributed by atoms with van der Waals surface area (Å²) in [5.74, 6) is -0.926.